The Kier molecular flexibility index (Phi) is 5.85. The molecule has 0 saturated carbocycles. The van der Waals surface area contributed by atoms with Gasteiger partial charge in [0, 0.05) is 18.2 Å². The van der Waals surface area contributed by atoms with Crippen LogP contribution in [-0.2, 0) is 4.79 Å². The van der Waals surface area contributed by atoms with Crippen molar-refractivity contribution in [1.29, 1.82) is 0 Å². The van der Waals surface area contributed by atoms with Gasteiger partial charge in [-0.3, -0.25) is 9.59 Å². The molecule has 3 N–H and O–H groups in total. The zero-order chi connectivity index (χ0) is 15.2. The molecule has 1 saturated heterocycles. The second-order valence-electron chi connectivity index (χ2n) is 4.92. The van der Waals surface area contributed by atoms with Crippen LogP contribution >= 0.6 is 23.2 Å². The Morgan fingerprint density at radius 2 is 2.10 bits per heavy atom. The normalized spacial score (nSPS) is 18.1. The predicted octanol–water partition coefficient (Wildman–Crippen LogP) is 1.59. The number of amides is 2. The number of benzene rings is 1. The van der Waals surface area contributed by atoms with Crippen LogP contribution in [0.2, 0.25) is 10.0 Å². The zero-order valence-electron chi connectivity index (χ0n) is 11.4. The van der Waals surface area contributed by atoms with Crippen LogP contribution in [0.1, 0.15) is 23.2 Å². The highest BCUT2D eigenvalue weighted by Crippen LogP contribution is 2.22. The molecule has 114 valence electrons. The van der Waals surface area contributed by atoms with Crippen LogP contribution in [-0.4, -0.2) is 37.5 Å². The van der Waals surface area contributed by atoms with Crippen molar-refractivity contribution in [3.8, 4) is 0 Å². The van der Waals surface area contributed by atoms with E-state index in [-0.39, 0.29) is 24.4 Å². The molecule has 21 heavy (non-hydrogen) atoms. The van der Waals surface area contributed by atoms with Gasteiger partial charge in [-0.2, -0.15) is 0 Å². The summed E-state index contributed by atoms with van der Waals surface area (Å²) in [5.41, 5.74) is 0.372. The van der Waals surface area contributed by atoms with Crippen molar-refractivity contribution in [1.82, 2.24) is 16.0 Å². The second-order valence-corrected chi connectivity index (χ2v) is 5.74. The summed E-state index contributed by atoms with van der Waals surface area (Å²) >= 11 is 11.6. The fraction of sp³-hybridized carbons (Fsp3) is 0.429. The number of piperidine rings is 1. The van der Waals surface area contributed by atoms with E-state index in [4.69, 9.17) is 23.2 Å². The topological polar surface area (TPSA) is 70.2 Å². The molecule has 2 rings (SSSR count). The van der Waals surface area contributed by atoms with E-state index in [0.717, 1.165) is 25.9 Å². The summed E-state index contributed by atoms with van der Waals surface area (Å²) in [6.07, 6.45) is 2.00. The Balaban J connectivity index is 1.80. The van der Waals surface area contributed by atoms with Gasteiger partial charge in [0.25, 0.3) is 5.91 Å². The number of rotatable bonds is 4. The highest BCUT2D eigenvalue weighted by molar-refractivity contribution is 6.42. The largest absolute Gasteiger partial charge is 0.351 e. The van der Waals surface area contributed by atoms with Gasteiger partial charge in [0.2, 0.25) is 5.91 Å². The highest BCUT2D eigenvalue weighted by Gasteiger charge is 2.16. The van der Waals surface area contributed by atoms with Crippen LogP contribution in [0.15, 0.2) is 18.2 Å². The molecule has 2 amide bonds. The smallest absolute Gasteiger partial charge is 0.251 e. The lowest BCUT2D eigenvalue weighted by molar-refractivity contribution is -0.120. The molecule has 1 aromatic carbocycles. The second kappa shape index (κ2) is 7.64. The molecule has 0 bridgehead atoms. The molecule has 7 heteroatoms. The number of carbonyl (C=O) groups is 2. The van der Waals surface area contributed by atoms with Crippen molar-refractivity contribution in [2.75, 3.05) is 19.6 Å². The van der Waals surface area contributed by atoms with Gasteiger partial charge in [0.1, 0.15) is 0 Å². The third-order valence-electron chi connectivity index (χ3n) is 3.25. The van der Waals surface area contributed by atoms with Crippen LogP contribution in [0.25, 0.3) is 0 Å². The van der Waals surface area contributed by atoms with Crippen molar-refractivity contribution >= 4 is 35.0 Å². The van der Waals surface area contributed by atoms with Crippen molar-refractivity contribution in [3.05, 3.63) is 33.8 Å². The number of carbonyl (C=O) groups excluding carboxylic acids is 2. The van der Waals surface area contributed by atoms with Crippen molar-refractivity contribution in [2.45, 2.75) is 18.9 Å². The number of hydrogen-bond donors (Lipinski definition) is 3. The van der Waals surface area contributed by atoms with E-state index in [1.54, 1.807) is 12.1 Å². The van der Waals surface area contributed by atoms with Gasteiger partial charge in [-0.1, -0.05) is 23.2 Å². The minimum absolute atomic E-state index is 0.0599. The molecule has 0 spiro atoms. The van der Waals surface area contributed by atoms with E-state index < -0.39 is 0 Å². The van der Waals surface area contributed by atoms with Crippen LogP contribution in [0.4, 0.5) is 0 Å². The SMILES string of the molecule is O=C(CNC(=O)c1ccc(Cl)c(Cl)c1)N[C@H]1CCCNC1. The van der Waals surface area contributed by atoms with Gasteiger partial charge < -0.3 is 16.0 Å². The summed E-state index contributed by atoms with van der Waals surface area (Å²) in [6.45, 7) is 1.70. The monoisotopic (exact) mass is 329 g/mol. The molecule has 1 heterocycles. The van der Waals surface area contributed by atoms with Gasteiger partial charge in [-0.25, -0.2) is 0 Å². The van der Waals surface area contributed by atoms with Gasteiger partial charge in [0.05, 0.1) is 16.6 Å². The maximum Gasteiger partial charge on any atom is 0.251 e. The number of nitrogens with one attached hydrogen (secondary N) is 3. The molecule has 1 aliphatic rings. The average Bonchev–Trinajstić information content (AvgIpc) is 2.48. The van der Waals surface area contributed by atoms with Gasteiger partial charge in [0.15, 0.2) is 0 Å². The van der Waals surface area contributed by atoms with Crippen molar-refractivity contribution in [3.63, 3.8) is 0 Å². The lowest BCUT2D eigenvalue weighted by atomic mass is 10.1. The number of halogens is 2. The molecule has 1 aromatic rings. The van der Waals surface area contributed by atoms with E-state index >= 15 is 0 Å². The Bertz CT molecular complexity index is 531. The van der Waals surface area contributed by atoms with Crippen molar-refractivity contribution in [2.24, 2.45) is 0 Å². The van der Waals surface area contributed by atoms with Gasteiger partial charge >= 0.3 is 0 Å². The summed E-state index contributed by atoms with van der Waals surface area (Å²) in [5.74, 6) is -0.553. The molecule has 0 radical (unpaired) electrons. The Morgan fingerprint density at radius 3 is 2.76 bits per heavy atom. The first kappa shape index (κ1) is 16.1. The van der Waals surface area contributed by atoms with Gasteiger partial charge in [-0.15, -0.1) is 0 Å². The first-order valence-electron chi connectivity index (χ1n) is 6.79. The molecule has 1 atom stereocenters. The van der Waals surface area contributed by atoms with E-state index in [2.05, 4.69) is 16.0 Å². The molecule has 0 aliphatic carbocycles. The lowest BCUT2D eigenvalue weighted by Gasteiger charge is -2.23. The van der Waals surface area contributed by atoms with Crippen molar-refractivity contribution < 1.29 is 9.59 Å². The maximum atomic E-state index is 11.9. The minimum atomic E-state index is -0.356. The summed E-state index contributed by atoms with van der Waals surface area (Å²) in [4.78, 5) is 23.7. The lowest BCUT2D eigenvalue weighted by Crippen LogP contribution is -2.48. The quantitative estimate of drug-likeness (QED) is 0.785. The molecule has 5 nitrogen and oxygen atoms in total. The third kappa shape index (κ3) is 4.88. The molecular weight excluding hydrogens is 313 g/mol. The summed E-state index contributed by atoms with van der Waals surface area (Å²) < 4.78 is 0. The molecular formula is C14H17Cl2N3O2. The highest BCUT2D eigenvalue weighted by atomic mass is 35.5. The molecule has 1 fully saturated rings. The Morgan fingerprint density at radius 1 is 1.29 bits per heavy atom. The minimum Gasteiger partial charge on any atom is -0.351 e. The Hall–Kier alpha value is -1.30. The summed E-state index contributed by atoms with van der Waals surface area (Å²) in [6, 6.07) is 4.72. The summed E-state index contributed by atoms with van der Waals surface area (Å²) in [5, 5.41) is 9.35. The van der Waals surface area contributed by atoms with E-state index in [1.807, 2.05) is 0 Å². The summed E-state index contributed by atoms with van der Waals surface area (Å²) in [7, 11) is 0. The molecule has 0 unspecified atom stereocenters. The number of hydrogen-bond acceptors (Lipinski definition) is 3. The third-order valence-corrected chi connectivity index (χ3v) is 3.99. The zero-order valence-corrected chi connectivity index (χ0v) is 12.9. The van der Waals surface area contributed by atoms with Crippen LogP contribution < -0.4 is 16.0 Å². The predicted molar refractivity (Wildman–Crippen MR) is 82.8 cm³/mol. The average molecular weight is 330 g/mol. The van der Waals surface area contributed by atoms with Crippen LogP contribution in [0, 0.1) is 0 Å². The van der Waals surface area contributed by atoms with E-state index in [0.29, 0.717) is 15.6 Å². The first-order chi connectivity index (χ1) is 10.1. The molecule has 0 aromatic heterocycles. The Labute approximate surface area is 133 Å². The van der Waals surface area contributed by atoms with E-state index in [9.17, 15) is 9.59 Å². The first-order valence-corrected chi connectivity index (χ1v) is 7.55. The maximum absolute atomic E-state index is 11.9. The fourth-order valence-electron chi connectivity index (χ4n) is 2.15. The van der Waals surface area contributed by atoms with Crippen LogP contribution in [0.3, 0.4) is 0 Å². The van der Waals surface area contributed by atoms with E-state index in [1.165, 1.54) is 6.07 Å². The van der Waals surface area contributed by atoms with Gasteiger partial charge in [-0.05, 0) is 37.6 Å². The molecule has 1 aliphatic heterocycles. The standard InChI is InChI=1S/C14H17Cl2N3O2/c15-11-4-3-9(6-12(11)16)14(21)18-8-13(20)19-10-2-1-5-17-7-10/h3-4,6,10,17H,1-2,5,7-8H2,(H,18,21)(H,19,20)/t10-/m0/s1. The van der Waals surface area contributed by atoms with Crippen LogP contribution in [0.5, 0.6) is 0 Å². The fourth-order valence-corrected chi connectivity index (χ4v) is 2.45.